The number of nitrogens with one attached hydrogen (secondary N) is 1. The van der Waals surface area contributed by atoms with Gasteiger partial charge in [0.25, 0.3) is 11.5 Å². The third-order valence-corrected chi connectivity index (χ3v) is 8.15. The second kappa shape index (κ2) is 12.4. The van der Waals surface area contributed by atoms with Gasteiger partial charge in [-0.1, -0.05) is 34.1 Å². The summed E-state index contributed by atoms with van der Waals surface area (Å²) in [6, 6.07) is 0. The van der Waals surface area contributed by atoms with Crippen LogP contribution in [0.1, 0.15) is 81.7 Å². The smallest absolute Gasteiger partial charge is 0.380 e. The fourth-order valence-corrected chi connectivity index (χ4v) is 5.08. The lowest BCUT2D eigenvalue weighted by atomic mass is 9.90. The van der Waals surface area contributed by atoms with Crippen LogP contribution in [0, 0.1) is 12.8 Å². The number of aromatic nitrogens is 4. The van der Waals surface area contributed by atoms with Crippen molar-refractivity contribution in [2.75, 3.05) is 31.1 Å². The average Bonchev–Trinajstić information content (AvgIpc) is 3.38. The van der Waals surface area contributed by atoms with Gasteiger partial charge < -0.3 is 14.9 Å². The van der Waals surface area contributed by atoms with E-state index in [1.54, 1.807) is 23.6 Å². The van der Waals surface area contributed by atoms with Crippen LogP contribution in [-0.4, -0.2) is 67.9 Å². The number of piperazine rings is 1. The van der Waals surface area contributed by atoms with Gasteiger partial charge in [0, 0.05) is 50.1 Å². The Hall–Kier alpha value is -3.02. The maximum absolute atomic E-state index is 12.5. The number of carbonyl (C=O) groups is 1. The van der Waals surface area contributed by atoms with Gasteiger partial charge in [0.1, 0.15) is 5.60 Å². The maximum Gasteiger partial charge on any atom is 0.419 e. The SMILES string of the molecule is CCC(C)C1CCc2c1n[nH]c(=O)c2C.CCC(O)(CC)C(=O)N1CCN(c2ncc(C(F)(F)F)cn2)CC1. The van der Waals surface area contributed by atoms with Crippen LogP contribution in [0.5, 0.6) is 0 Å². The maximum atomic E-state index is 12.5. The third-order valence-electron chi connectivity index (χ3n) is 8.15. The molecule has 216 valence electrons. The lowest BCUT2D eigenvalue weighted by Crippen LogP contribution is -2.55. The molecular formula is C27H39F3N6O3. The molecule has 2 aromatic rings. The van der Waals surface area contributed by atoms with E-state index in [2.05, 4.69) is 34.0 Å². The van der Waals surface area contributed by atoms with Crippen molar-refractivity contribution >= 4 is 11.9 Å². The van der Waals surface area contributed by atoms with Gasteiger partial charge in [-0.15, -0.1) is 0 Å². The molecule has 12 heteroatoms. The third kappa shape index (κ3) is 6.77. The van der Waals surface area contributed by atoms with Crippen molar-refractivity contribution in [2.24, 2.45) is 5.92 Å². The highest BCUT2D eigenvalue weighted by Crippen LogP contribution is 2.38. The minimum Gasteiger partial charge on any atom is -0.380 e. The molecule has 2 unspecified atom stereocenters. The van der Waals surface area contributed by atoms with Crippen LogP contribution < -0.4 is 10.5 Å². The molecule has 2 aliphatic rings. The van der Waals surface area contributed by atoms with Crippen molar-refractivity contribution in [2.45, 2.75) is 84.4 Å². The van der Waals surface area contributed by atoms with E-state index in [1.807, 2.05) is 6.92 Å². The van der Waals surface area contributed by atoms with Gasteiger partial charge in [0.05, 0.1) is 11.3 Å². The fraction of sp³-hybridized carbons (Fsp3) is 0.667. The summed E-state index contributed by atoms with van der Waals surface area (Å²) in [4.78, 5) is 34.6. The lowest BCUT2D eigenvalue weighted by molar-refractivity contribution is -0.152. The molecule has 3 heterocycles. The quantitative estimate of drug-likeness (QED) is 0.559. The van der Waals surface area contributed by atoms with Gasteiger partial charge in [-0.3, -0.25) is 9.59 Å². The molecule has 0 aromatic carbocycles. The summed E-state index contributed by atoms with van der Waals surface area (Å²) >= 11 is 0. The predicted octanol–water partition coefficient (Wildman–Crippen LogP) is 3.85. The summed E-state index contributed by atoms with van der Waals surface area (Å²) in [5.41, 5.74) is 0.929. The summed E-state index contributed by atoms with van der Waals surface area (Å²) in [6.45, 7) is 11.4. The van der Waals surface area contributed by atoms with Gasteiger partial charge in [-0.25, -0.2) is 15.1 Å². The number of carbonyl (C=O) groups excluding carboxylic acids is 1. The van der Waals surface area contributed by atoms with E-state index >= 15 is 0 Å². The summed E-state index contributed by atoms with van der Waals surface area (Å²) < 4.78 is 37.6. The van der Waals surface area contributed by atoms with E-state index in [0.29, 0.717) is 50.9 Å². The number of amides is 1. The second-order valence-electron chi connectivity index (χ2n) is 10.4. The van der Waals surface area contributed by atoms with Gasteiger partial charge in [0.2, 0.25) is 5.95 Å². The average molecular weight is 553 g/mol. The van der Waals surface area contributed by atoms with E-state index in [1.165, 1.54) is 12.0 Å². The Morgan fingerprint density at radius 1 is 1.13 bits per heavy atom. The van der Waals surface area contributed by atoms with E-state index in [0.717, 1.165) is 36.5 Å². The van der Waals surface area contributed by atoms with Crippen LogP contribution in [0.3, 0.4) is 0 Å². The molecule has 1 aliphatic carbocycles. The zero-order valence-electron chi connectivity index (χ0n) is 23.3. The van der Waals surface area contributed by atoms with Crippen LogP contribution in [0.2, 0.25) is 0 Å². The minimum atomic E-state index is -4.46. The summed E-state index contributed by atoms with van der Waals surface area (Å²) in [7, 11) is 0. The molecule has 2 N–H and O–H groups in total. The highest BCUT2D eigenvalue weighted by atomic mass is 19.4. The van der Waals surface area contributed by atoms with E-state index in [4.69, 9.17) is 0 Å². The van der Waals surface area contributed by atoms with Gasteiger partial charge in [-0.05, 0) is 44.1 Å². The number of aromatic amines is 1. The van der Waals surface area contributed by atoms with Gasteiger partial charge in [0.15, 0.2) is 0 Å². The molecule has 1 saturated heterocycles. The first-order valence-corrected chi connectivity index (χ1v) is 13.6. The largest absolute Gasteiger partial charge is 0.419 e. The lowest BCUT2D eigenvalue weighted by Gasteiger charge is -2.38. The number of H-pyrrole nitrogens is 1. The van der Waals surface area contributed by atoms with E-state index in [-0.39, 0.29) is 17.4 Å². The van der Waals surface area contributed by atoms with Crippen LogP contribution >= 0.6 is 0 Å². The van der Waals surface area contributed by atoms with Crippen LogP contribution in [0.25, 0.3) is 0 Å². The number of halogens is 3. The molecule has 2 atom stereocenters. The number of aliphatic hydroxyl groups is 1. The Morgan fingerprint density at radius 3 is 2.23 bits per heavy atom. The molecular weight excluding hydrogens is 513 g/mol. The summed E-state index contributed by atoms with van der Waals surface area (Å²) in [5, 5.41) is 17.1. The normalized spacial score (nSPS) is 18.3. The molecule has 4 rings (SSSR count). The Balaban J connectivity index is 0.000000239. The highest BCUT2D eigenvalue weighted by molar-refractivity contribution is 5.85. The minimum absolute atomic E-state index is 0.0291. The fourth-order valence-electron chi connectivity index (χ4n) is 5.08. The zero-order chi connectivity index (χ0) is 29.0. The zero-order valence-corrected chi connectivity index (χ0v) is 23.3. The Labute approximate surface area is 226 Å². The number of alkyl halides is 3. The first kappa shape index (κ1) is 30.5. The van der Waals surface area contributed by atoms with Crippen LogP contribution in [0.4, 0.5) is 19.1 Å². The highest BCUT2D eigenvalue weighted by Gasteiger charge is 2.37. The standard InChI is InChI=1S/C15H21F3N4O2.C12H18N2O/c1-3-14(24,4-2)12(23)21-5-7-22(8-6-21)13-19-9-11(10-20-13)15(16,17)18;1-4-7(2)9-5-6-10-8(3)12(15)14-13-11(9)10/h9-10,24H,3-8H2,1-2H3;7,9H,4-6H2,1-3H3,(H,14,15). The Kier molecular flexibility index (Phi) is 9.74. The van der Waals surface area contributed by atoms with Crippen LogP contribution in [0.15, 0.2) is 17.2 Å². The predicted molar refractivity (Wildman–Crippen MR) is 141 cm³/mol. The second-order valence-corrected chi connectivity index (χ2v) is 10.4. The Bertz CT molecular complexity index is 1170. The first-order chi connectivity index (χ1) is 18.4. The number of anilines is 1. The first-order valence-electron chi connectivity index (χ1n) is 13.6. The van der Waals surface area contributed by atoms with Gasteiger partial charge >= 0.3 is 6.18 Å². The van der Waals surface area contributed by atoms with Crippen molar-refractivity contribution in [3.63, 3.8) is 0 Å². The number of hydrogen-bond acceptors (Lipinski definition) is 7. The van der Waals surface area contributed by atoms with E-state index in [9.17, 15) is 27.9 Å². The Morgan fingerprint density at radius 2 is 1.72 bits per heavy atom. The topological polar surface area (TPSA) is 115 Å². The van der Waals surface area contributed by atoms with Crippen molar-refractivity contribution in [1.29, 1.82) is 0 Å². The molecule has 0 radical (unpaired) electrons. The molecule has 0 saturated carbocycles. The van der Waals surface area contributed by atoms with Crippen molar-refractivity contribution < 1.29 is 23.1 Å². The molecule has 9 nitrogen and oxygen atoms in total. The van der Waals surface area contributed by atoms with Crippen LogP contribution in [-0.2, 0) is 17.4 Å². The van der Waals surface area contributed by atoms with Crippen molar-refractivity contribution in [3.05, 3.63) is 45.1 Å². The van der Waals surface area contributed by atoms with Crippen molar-refractivity contribution in [3.8, 4) is 0 Å². The number of fused-ring (bicyclic) bond motifs is 1. The molecule has 0 bridgehead atoms. The molecule has 39 heavy (non-hydrogen) atoms. The molecule has 1 fully saturated rings. The summed E-state index contributed by atoms with van der Waals surface area (Å²) in [6.07, 6.45) is 1.07. The monoisotopic (exact) mass is 552 g/mol. The number of hydrogen-bond donors (Lipinski definition) is 2. The number of nitrogens with zero attached hydrogens (tertiary/aromatic N) is 5. The van der Waals surface area contributed by atoms with Crippen molar-refractivity contribution in [1.82, 2.24) is 25.1 Å². The molecule has 0 spiro atoms. The van der Waals surface area contributed by atoms with Gasteiger partial charge in [-0.2, -0.15) is 18.3 Å². The molecule has 1 amide bonds. The van der Waals surface area contributed by atoms with E-state index < -0.39 is 17.3 Å². The molecule has 2 aromatic heterocycles. The molecule has 1 aliphatic heterocycles. The summed E-state index contributed by atoms with van der Waals surface area (Å²) in [5.74, 6) is 1.10. The number of rotatable bonds is 6.